The van der Waals surface area contributed by atoms with E-state index < -0.39 is 5.60 Å². The Hall–Kier alpha value is -0.810. The molecule has 0 aliphatic carbocycles. The van der Waals surface area contributed by atoms with E-state index in [9.17, 15) is 4.79 Å². The first kappa shape index (κ1) is 16.2. The lowest BCUT2D eigenvalue weighted by Crippen LogP contribution is -2.55. The number of carbonyl (C=O) groups is 1. The minimum Gasteiger partial charge on any atom is -0.444 e. The summed E-state index contributed by atoms with van der Waals surface area (Å²) in [5, 5.41) is 3.15. The summed E-state index contributed by atoms with van der Waals surface area (Å²) < 4.78 is 5.50. The van der Waals surface area contributed by atoms with Gasteiger partial charge in [0.2, 0.25) is 0 Å². The number of hydrogen-bond donors (Lipinski definition) is 1. The summed E-state index contributed by atoms with van der Waals surface area (Å²) in [7, 11) is 4.07. The van der Waals surface area contributed by atoms with E-state index in [1.807, 2.05) is 32.7 Å². The molecule has 1 amide bonds. The van der Waals surface area contributed by atoms with Crippen LogP contribution >= 0.6 is 0 Å². The number of amides is 1. The van der Waals surface area contributed by atoms with Crippen LogP contribution in [0.4, 0.5) is 4.79 Å². The zero-order valence-electron chi connectivity index (χ0n) is 13.0. The molecular weight excluding hydrogens is 242 g/mol. The first-order chi connectivity index (χ1) is 8.83. The number of ether oxygens (including phenoxy) is 1. The third-order valence-electron chi connectivity index (χ3n) is 3.28. The molecule has 0 bridgehead atoms. The normalized spacial score (nSPS) is 21.5. The summed E-state index contributed by atoms with van der Waals surface area (Å²) in [6.45, 7) is 9.34. The van der Waals surface area contributed by atoms with Crippen LogP contribution in [0.15, 0.2) is 0 Å². The molecule has 0 aromatic carbocycles. The zero-order chi connectivity index (χ0) is 14.5. The highest BCUT2D eigenvalue weighted by molar-refractivity contribution is 5.68. The molecule has 1 atom stereocenters. The van der Waals surface area contributed by atoms with Crippen LogP contribution in [0.25, 0.3) is 0 Å². The van der Waals surface area contributed by atoms with Gasteiger partial charge in [0.1, 0.15) is 5.60 Å². The molecule has 5 heteroatoms. The first-order valence-corrected chi connectivity index (χ1v) is 7.16. The van der Waals surface area contributed by atoms with Gasteiger partial charge in [-0.2, -0.15) is 0 Å². The summed E-state index contributed by atoms with van der Waals surface area (Å²) in [5.74, 6) is 0. The molecule has 1 rings (SSSR count). The van der Waals surface area contributed by atoms with Gasteiger partial charge in [-0.15, -0.1) is 0 Å². The number of piperazine rings is 1. The number of carbonyl (C=O) groups excluding carboxylic acids is 1. The maximum absolute atomic E-state index is 12.2. The van der Waals surface area contributed by atoms with Gasteiger partial charge in [-0.25, -0.2) is 4.79 Å². The number of rotatable bonds is 4. The van der Waals surface area contributed by atoms with E-state index in [1.165, 1.54) is 0 Å². The average molecular weight is 271 g/mol. The minimum atomic E-state index is -0.421. The molecule has 5 nitrogen and oxygen atoms in total. The quantitative estimate of drug-likeness (QED) is 0.788. The largest absolute Gasteiger partial charge is 0.444 e. The molecule has 0 saturated carbocycles. The second-order valence-electron chi connectivity index (χ2n) is 6.34. The predicted molar refractivity (Wildman–Crippen MR) is 77.4 cm³/mol. The average Bonchev–Trinajstić information content (AvgIpc) is 2.27. The Bertz CT molecular complexity index is 289. The number of nitrogens with one attached hydrogen (secondary N) is 1. The topological polar surface area (TPSA) is 44.8 Å². The van der Waals surface area contributed by atoms with Crippen molar-refractivity contribution in [2.24, 2.45) is 0 Å². The lowest BCUT2D eigenvalue weighted by molar-refractivity contribution is 0.0000767. The van der Waals surface area contributed by atoms with Gasteiger partial charge in [0.05, 0.1) is 0 Å². The molecular formula is C14H29N3O2. The van der Waals surface area contributed by atoms with Gasteiger partial charge in [0.15, 0.2) is 0 Å². The molecule has 1 N–H and O–H groups in total. The van der Waals surface area contributed by atoms with Crippen molar-refractivity contribution >= 4 is 6.09 Å². The highest BCUT2D eigenvalue weighted by Crippen LogP contribution is 2.18. The Morgan fingerprint density at radius 1 is 1.37 bits per heavy atom. The van der Waals surface area contributed by atoms with Gasteiger partial charge in [0, 0.05) is 25.7 Å². The standard InChI is InChI=1S/C14H29N3O2/c1-14(2,3)19-13(18)17-10-9-16(5)11-12(17)7-6-8-15-4/h12,15H,6-11H2,1-5H3. The van der Waals surface area contributed by atoms with Crippen LogP contribution in [-0.2, 0) is 4.74 Å². The summed E-state index contributed by atoms with van der Waals surface area (Å²) in [6, 6.07) is 0.266. The molecule has 19 heavy (non-hydrogen) atoms. The van der Waals surface area contributed by atoms with Crippen LogP contribution < -0.4 is 5.32 Å². The maximum atomic E-state index is 12.2. The van der Waals surface area contributed by atoms with Gasteiger partial charge in [0.25, 0.3) is 0 Å². The van der Waals surface area contributed by atoms with Gasteiger partial charge in [-0.3, -0.25) is 0 Å². The van der Waals surface area contributed by atoms with Crippen molar-refractivity contribution in [3.63, 3.8) is 0 Å². The molecule has 1 saturated heterocycles. The van der Waals surface area contributed by atoms with Crippen molar-refractivity contribution in [2.75, 3.05) is 40.3 Å². The minimum absolute atomic E-state index is 0.171. The Kier molecular flexibility index (Phi) is 6.07. The van der Waals surface area contributed by atoms with Crippen LogP contribution in [0.3, 0.4) is 0 Å². The predicted octanol–water partition coefficient (Wildman–Crippen LogP) is 1.54. The molecule has 112 valence electrons. The van der Waals surface area contributed by atoms with Crippen molar-refractivity contribution in [2.45, 2.75) is 45.3 Å². The smallest absolute Gasteiger partial charge is 0.410 e. The highest BCUT2D eigenvalue weighted by atomic mass is 16.6. The van der Waals surface area contributed by atoms with Gasteiger partial charge in [-0.05, 0) is 54.3 Å². The van der Waals surface area contributed by atoms with E-state index in [1.54, 1.807) is 0 Å². The summed E-state index contributed by atoms with van der Waals surface area (Å²) >= 11 is 0. The SMILES string of the molecule is CNCCCC1CN(C)CCN1C(=O)OC(C)(C)C. The summed E-state index contributed by atoms with van der Waals surface area (Å²) in [4.78, 5) is 16.4. The van der Waals surface area contributed by atoms with E-state index in [-0.39, 0.29) is 12.1 Å². The lowest BCUT2D eigenvalue weighted by Gasteiger charge is -2.40. The molecule has 1 unspecified atom stereocenters. The molecule has 1 heterocycles. The lowest BCUT2D eigenvalue weighted by atomic mass is 10.1. The number of nitrogens with zero attached hydrogens (tertiary/aromatic N) is 2. The second kappa shape index (κ2) is 7.10. The van der Waals surface area contributed by atoms with Gasteiger partial charge >= 0.3 is 6.09 Å². The van der Waals surface area contributed by atoms with E-state index in [0.29, 0.717) is 0 Å². The monoisotopic (exact) mass is 271 g/mol. The van der Waals surface area contributed by atoms with Crippen molar-refractivity contribution in [3.8, 4) is 0 Å². The van der Waals surface area contributed by atoms with Crippen molar-refractivity contribution in [1.29, 1.82) is 0 Å². The summed E-state index contributed by atoms with van der Waals surface area (Å²) in [5.41, 5.74) is -0.421. The Morgan fingerprint density at radius 2 is 2.05 bits per heavy atom. The molecule has 1 aliphatic rings. The fourth-order valence-corrected chi connectivity index (χ4v) is 2.33. The molecule has 1 aliphatic heterocycles. The van der Waals surface area contributed by atoms with E-state index in [2.05, 4.69) is 17.3 Å². The Labute approximate surface area is 117 Å². The summed E-state index contributed by atoms with van der Waals surface area (Å²) in [6.07, 6.45) is 1.92. The van der Waals surface area contributed by atoms with Crippen LogP contribution in [0, 0.1) is 0 Å². The Morgan fingerprint density at radius 3 is 2.63 bits per heavy atom. The molecule has 0 spiro atoms. The van der Waals surface area contributed by atoms with E-state index in [4.69, 9.17) is 4.74 Å². The van der Waals surface area contributed by atoms with E-state index in [0.717, 1.165) is 39.0 Å². The first-order valence-electron chi connectivity index (χ1n) is 7.16. The van der Waals surface area contributed by atoms with E-state index >= 15 is 0 Å². The third-order valence-corrected chi connectivity index (χ3v) is 3.28. The Balaban J connectivity index is 2.58. The van der Waals surface area contributed by atoms with Crippen LogP contribution in [-0.4, -0.2) is 67.8 Å². The van der Waals surface area contributed by atoms with Gasteiger partial charge < -0.3 is 19.9 Å². The van der Waals surface area contributed by atoms with Crippen molar-refractivity contribution in [1.82, 2.24) is 15.1 Å². The number of likely N-dealkylation sites (N-methyl/N-ethyl adjacent to an activating group) is 1. The fourth-order valence-electron chi connectivity index (χ4n) is 2.33. The molecule has 0 radical (unpaired) electrons. The number of hydrogen-bond acceptors (Lipinski definition) is 4. The van der Waals surface area contributed by atoms with Crippen molar-refractivity contribution in [3.05, 3.63) is 0 Å². The zero-order valence-corrected chi connectivity index (χ0v) is 13.0. The maximum Gasteiger partial charge on any atom is 0.410 e. The second-order valence-corrected chi connectivity index (χ2v) is 6.34. The van der Waals surface area contributed by atoms with Crippen LogP contribution in [0.1, 0.15) is 33.6 Å². The van der Waals surface area contributed by atoms with Gasteiger partial charge in [-0.1, -0.05) is 0 Å². The van der Waals surface area contributed by atoms with Crippen LogP contribution in [0.5, 0.6) is 0 Å². The highest BCUT2D eigenvalue weighted by Gasteiger charge is 2.31. The van der Waals surface area contributed by atoms with Crippen molar-refractivity contribution < 1.29 is 9.53 Å². The molecule has 1 fully saturated rings. The fraction of sp³-hybridized carbons (Fsp3) is 0.929. The van der Waals surface area contributed by atoms with Crippen LogP contribution in [0.2, 0.25) is 0 Å². The third kappa shape index (κ3) is 5.78. The molecule has 0 aromatic rings. The molecule has 0 aromatic heterocycles.